The van der Waals surface area contributed by atoms with Crippen LogP contribution in [0.2, 0.25) is 0 Å². The molecule has 35 heavy (non-hydrogen) atoms. The van der Waals surface area contributed by atoms with Gasteiger partial charge >= 0.3 is 12.4 Å². The summed E-state index contributed by atoms with van der Waals surface area (Å²) in [5, 5.41) is 4.93. The average Bonchev–Trinajstić information content (AvgIpc) is 3.26. The molecular weight excluding hydrogens is 486 g/mol. The summed E-state index contributed by atoms with van der Waals surface area (Å²) in [5.41, 5.74) is -1.03. The summed E-state index contributed by atoms with van der Waals surface area (Å²) in [6, 6.07) is 1.06. The number of nitrogens with zero attached hydrogens (tertiary/aromatic N) is 5. The van der Waals surface area contributed by atoms with Crippen molar-refractivity contribution in [3.8, 4) is 11.4 Å². The van der Waals surface area contributed by atoms with Crippen LogP contribution in [0.1, 0.15) is 17.5 Å². The Morgan fingerprint density at radius 3 is 2.23 bits per heavy atom. The van der Waals surface area contributed by atoms with Crippen LogP contribution < -0.4 is 5.43 Å². The molecule has 1 aliphatic rings. The molecule has 0 aliphatic carbocycles. The minimum absolute atomic E-state index is 0.0156. The monoisotopic (exact) mass is 508 g/mol. The Balaban J connectivity index is 1.60. The molecule has 1 aliphatic heterocycles. The number of aromatic nitrogens is 3. The quantitative estimate of drug-likeness (QED) is 0.475. The van der Waals surface area contributed by atoms with Gasteiger partial charge in [-0.2, -0.15) is 31.4 Å². The number of aryl methyl sites for hydroxylation is 1. The number of hydrazine groups is 1. The van der Waals surface area contributed by atoms with E-state index in [0.29, 0.717) is 38.4 Å². The van der Waals surface area contributed by atoms with Gasteiger partial charge in [0.1, 0.15) is 6.33 Å². The lowest BCUT2D eigenvalue weighted by Gasteiger charge is -2.28. The van der Waals surface area contributed by atoms with Crippen LogP contribution in [0.15, 0.2) is 24.5 Å². The first kappa shape index (κ1) is 26.4. The van der Waals surface area contributed by atoms with Gasteiger partial charge in [0.15, 0.2) is 5.82 Å². The normalized spacial score (nSPS) is 15.2. The van der Waals surface area contributed by atoms with E-state index in [1.807, 2.05) is 4.90 Å². The van der Waals surface area contributed by atoms with Gasteiger partial charge in [0.2, 0.25) is 5.91 Å². The van der Waals surface area contributed by atoms with E-state index in [4.69, 9.17) is 4.74 Å². The van der Waals surface area contributed by atoms with Gasteiger partial charge in [-0.05, 0) is 18.2 Å². The molecule has 0 unspecified atom stereocenters. The molecule has 2 aromatic rings. The highest BCUT2D eigenvalue weighted by Gasteiger charge is 2.37. The van der Waals surface area contributed by atoms with Gasteiger partial charge in [-0.15, -0.1) is 0 Å². The number of benzene rings is 1. The number of hydrogen-bond donors (Lipinski definition) is 1. The molecule has 192 valence electrons. The minimum atomic E-state index is -5.00. The van der Waals surface area contributed by atoms with E-state index in [9.17, 15) is 35.9 Å². The Labute approximate surface area is 195 Å². The topological polar surface area (TPSA) is 92.6 Å². The Hall–Kier alpha value is -3.20. The van der Waals surface area contributed by atoms with Crippen LogP contribution in [0.4, 0.5) is 26.3 Å². The van der Waals surface area contributed by atoms with Crippen molar-refractivity contribution in [3.63, 3.8) is 0 Å². The number of ether oxygens (including phenoxy) is 1. The minimum Gasteiger partial charge on any atom is -0.379 e. The number of likely N-dealkylation sites (N-methyl/N-ethyl adjacent to an activating group) is 1. The third-order valence-electron chi connectivity index (χ3n) is 5.08. The maximum Gasteiger partial charge on any atom is 0.416 e. The molecule has 0 radical (unpaired) electrons. The molecule has 1 fully saturated rings. The molecule has 3 rings (SSSR count). The number of hydrogen-bond acceptors (Lipinski definition) is 6. The average molecular weight is 508 g/mol. The van der Waals surface area contributed by atoms with E-state index in [1.165, 1.54) is 7.05 Å². The number of amides is 2. The molecule has 1 saturated heterocycles. The Morgan fingerprint density at radius 1 is 1.06 bits per heavy atom. The number of carbonyl (C=O) groups is 2. The predicted octanol–water partition coefficient (Wildman–Crippen LogP) is 2.19. The highest BCUT2D eigenvalue weighted by molar-refractivity contribution is 5.82. The van der Waals surface area contributed by atoms with Crippen LogP contribution in [0.3, 0.4) is 0 Å². The standard InChI is InChI=1S/C20H22F6N6O3/c1-30(17(34)11-31-4-6-35-7-5-31)28-16(33)2-3-32-12-27-18(29-32)13-8-14(19(21,22)23)10-15(9-13)20(24,25)26/h8-10,12H,2-7,11H2,1H3,(H,28,33). The summed E-state index contributed by atoms with van der Waals surface area (Å²) < 4.78 is 84.7. The first-order valence-electron chi connectivity index (χ1n) is 10.4. The van der Waals surface area contributed by atoms with E-state index >= 15 is 0 Å². The summed E-state index contributed by atoms with van der Waals surface area (Å²) >= 11 is 0. The van der Waals surface area contributed by atoms with E-state index in [1.54, 1.807) is 0 Å². The SMILES string of the molecule is CN(NC(=O)CCn1cnc(-c2cc(C(F)(F)F)cc(C(F)(F)F)c2)n1)C(=O)CN1CCOCC1. The molecule has 0 spiro atoms. The molecular formula is C20H22F6N6O3. The summed E-state index contributed by atoms with van der Waals surface area (Å²) in [4.78, 5) is 30.0. The van der Waals surface area contributed by atoms with Gasteiger partial charge in [0.25, 0.3) is 5.91 Å². The smallest absolute Gasteiger partial charge is 0.379 e. The van der Waals surface area contributed by atoms with Gasteiger partial charge in [-0.3, -0.25) is 29.6 Å². The van der Waals surface area contributed by atoms with Gasteiger partial charge < -0.3 is 4.74 Å². The highest BCUT2D eigenvalue weighted by Crippen LogP contribution is 2.38. The van der Waals surface area contributed by atoms with Crippen molar-refractivity contribution in [3.05, 3.63) is 35.7 Å². The molecule has 9 nitrogen and oxygen atoms in total. The van der Waals surface area contributed by atoms with Crippen molar-refractivity contribution >= 4 is 11.8 Å². The van der Waals surface area contributed by atoms with Gasteiger partial charge in [0, 0.05) is 32.1 Å². The van der Waals surface area contributed by atoms with Crippen LogP contribution in [0.5, 0.6) is 0 Å². The van der Waals surface area contributed by atoms with Crippen molar-refractivity contribution in [1.29, 1.82) is 0 Å². The van der Waals surface area contributed by atoms with Crippen molar-refractivity contribution < 1.29 is 40.7 Å². The molecule has 15 heteroatoms. The molecule has 1 aromatic carbocycles. The van der Waals surface area contributed by atoms with Crippen LogP contribution in [-0.2, 0) is 33.2 Å². The summed E-state index contributed by atoms with van der Waals surface area (Å²) in [6.07, 6.45) is -9.08. The van der Waals surface area contributed by atoms with Crippen LogP contribution in [-0.4, -0.2) is 76.4 Å². The Bertz CT molecular complexity index is 1020. The fraction of sp³-hybridized carbons (Fsp3) is 0.500. The van der Waals surface area contributed by atoms with E-state index in [2.05, 4.69) is 15.5 Å². The van der Waals surface area contributed by atoms with Crippen molar-refractivity contribution in [1.82, 2.24) is 30.1 Å². The zero-order chi connectivity index (χ0) is 25.8. The first-order chi connectivity index (χ1) is 16.3. The van der Waals surface area contributed by atoms with Gasteiger partial charge in [-0.25, -0.2) is 4.98 Å². The van der Waals surface area contributed by atoms with Crippen molar-refractivity contribution in [2.75, 3.05) is 39.9 Å². The lowest BCUT2D eigenvalue weighted by atomic mass is 10.0. The largest absolute Gasteiger partial charge is 0.416 e. The molecule has 2 heterocycles. The van der Waals surface area contributed by atoms with Crippen LogP contribution >= 0.6 is 0 Å². The predicted molar refractivity (Wildman–Crippen MR) is 108 cm³/mol. The molecule has 0 atom stereocenters. The number of nitrogens with one attached hydrogen (secondary N) is 1. The van der Waals surface area contributed by atoms with E-state index in [0.717, 1.165) is 16.0 Å². The fourth-order valence-corrected chi connectivity index (χ4v) is 3.20. The Morgan fingerprint density at radius 2 is 1.66 bits per heavy atom. The first-order valence-corrected chi connectivity index (χ1v) is 10.4. The van der Waals surface area contributed by atoms with Crippen molar-refractivity contribution in [2.24, 2.45) is 0 Å². The molecule has 0 saturated carbocycles. The van der Waals surface area contributed by atoms with Gasteiger partial charge in [0.05, 0.1) is 37.4 Å². The summed E-state index contributed by atoms with van der Waals surface area (Å²) in [6.45, 7) is 2.25. The van der Waals surface area contributed by atoms with Crippen LogP contribution in [0.25, 0.3) is 11.4 Å². The highest BCUT2D eigenvalue weighted by atomic mass is 19.4. The number of carbonyl (C=O) groups excluding carboxylic acids is 2. The summed E-state index contributed by atoms with van der Waals surface area (Å²) in [5.74, 6) is -1.24. The third-order valence-corrected chi connectivity index (χ3v) is 5.08. The molecule has 1 N–H and O–H groups in total. The number of halogens is 6. The fourth-order valence-electron chi connectivity index (χ4n) is 3.20. The van der Waals surface area contributed by atoms with Crippen LogP contribution in [0, 0.1) is 0 Å². The summed E-state index contributed by atoms with van der Waals surface area (Å²) in [7, 11) is 1.39. The second-order valence-corrected chi connectivity index (χ2v) is 7.75. The second kappa shape index (κ2) is 10.6. The van der Waals surface area contributed by atoms with Crippen molar-refractivity contribution in [2.45, 2.75) is 25.3 Å². The number of morpholine rings is 1. The van der Waals surface area contributed by atoms with E-state index in [-0.39, 0.29) is 37.3 Å². The Kier molecular flexibility index (Phi) is 8.00. The number of alkyl halides is 6. The second-order valence-electron chi connectivity index (χ2n) is 7.75. The zero-order valence-corrected chi connectivity index (χ0v) is 18.5. The maximum atomic E-state index is 13.1. The zero-order valence-electron chi connectivity index (χ0n) is 18.5. The maximum absolute atomic E-state index is 13.1. The lowest BCUT2D eigenvalue weighted by Crippen LogP contribution is -2.49. The molecule has 2 amide bonds. The third kappa shape index (κ3) is 7.39. The van der Waals surface area contributed by atoms with Gasteiger partial charge in [-0.1, -0.05) is 0 Å². The molecule has 1 aromatic heterocycles. The molecule has 0 bridgehead atoms. The van der Waals surface area contributed by atoms with E-state index < -0.39 is 35.0 Å². The lowest BCUT2D eigenvalue weighted by molar-refractivity contribution is -0.143. The number of rotatable bonds is 6.